The van der Waals surface area contributed by atoms with E-state index in [0.29, 0.717) is 4.47 Å². The highest BCUT2D eigenvalue weighted by Crippen LogP contribution is 2.27. The molecule has 1 aliphatic rings. The van der Waals surface area contributed by atoms with Crippen molar-refractivity contribution in [2.45, 2.75) is 25.9 Å². The molecule has 6 heteroatoms. The maximum absolute atomic E-state index is 5.86. The summed E-state index contributed by atoms with van der Waals surface area (Å²) < 4.78 is 2.91. The van der Waals surface area contributed by atoms with Gasteiger partial charge in [0.2, 0.25) is 0 Å². The summed E-state index contributed by atoms with van der Waals surface area (Å²) in [5.74, 6) is 1.20. The Kier molecular flexibility index (Phi) is 3.60. The molecule has 0 fully saturated rings. The standard InChI is InChI=1S/C16H15ClN4S/c17-16-20-9-13(22-16)8-18-12-4-1-3-11(7-12)14-10-19-15-5-2-6-21(14)15/h1,3-4,7,9-10,18H,2,5-6,8H2. The van der Waals surface area contributed by atoms with Crippen molar-refractivity contribution in [1.29, 1.82) is 0 Å². The van der Waals surface area contributed by atoms with Crippen molar-refractivity contribution in [2.75, 3.05) is 5.32 Å². The Bertz CT molecular complexity index is 808. The molecule has 0 saturated carbocycles. The SMILES string of the molecule is Clc1ncc(CNc2cccc(-c3cnc4n3CCC4)c2)s1. The van der Waals surface area contributed by atoms with Gasteiger partial charge < -0.3 is 9.88 Å². The van der Waals surface area contributed by atoms with Crippen molar-refractivity contribution in [3.8, 4) is 11.3 Å². The third-order valence-electron chi connectivity index (χ3n) is 3.87. The van der Waals surface area contributed by atoms with E-state index in [9.17, 15) is 0 Å². The lowest BCUT2D eigenvalue weighted by Crippen LogP contribution is -1.99. The van der Waals surface area contributed by atoms with Gasteiger partial charge in [0, 0.05) is 35.3 Å². The molecule has 0 spiro atoms. The molecule has 4 rings (SSSR count). The van der Waals surface area contributed by atoms with E-state index in [1.165, 1.54) is 34.8 Å². The number of rotatable bonds is 4. The zero-order chi connectivity index (χ0) is 14.9. The summed E-state index contributed by atoms with van der Waals surface area (Å²) in [6, 6.07) is 8.46. The normalized spacial score (nSPS) is 13.3. The fourth-order valence-corrected chi connectivity index (χ4v) is 3.75. The second-order valence-corrected chi connectivity index (χ2v) is 7.03. The predicted molar refractivity (Wildman–Crippen MR) is 90.4 cm³/mol. The molecule has 3 heterocycles. The second kappa shape index (κ2) is 5.74. The van der Waals surface area contributed by atoms with Gasteiger partial charge in [-0.3, -0.25) is 0 Å². The molecule has 0 saturated heterocycles. The molecule has 0 radical (unpaired) electrons. The Hall–Kier alpha value is -1.85. The number of hydrogen-bond acceptors (Lipinski definition) is 4. The van der Waals surface area contributed by atoms with Gasteiger partial charge in [-0.2, -0.15) is 0 Å². The highest BCUT2D eigenvalue weighted by molar-refractivity contribution is 7.15. The summed E-state index contributed by atoms with van der Waals surface area (Å²) in [5.41, 5.74) is 3.50. The number of benzene rings is 1. The number of thiazole rings is 1. The lowest BCUT2D eigenvalue weighted by molar-refractivity contribution is 0.756. The molecule has 0 bridgehead atoms. The summed E-state index contributed by atoms with van der Waals surface area (Å²) in [6.45, 7) is 1.81. The van der Waals surface area contributed by atoms with E-state index in [-0.39, 0.29) is 0 Å². The van der Waals surface area contributed by atoms with Crippen LogP contribution in [0.2, 0.25) is 4.47 Å². The number of imidazole rings is 1. The van der Waals surface area contributed by atoms with Crippen LogP contribution < -0.4 is 5.32 Å². The number of fused-ring (bicyclic) bond motifs is 1. The van der Waals surface area contributed by atoms with Gasteiger partial charge >= 0.3 is 0 Å². The molecule has 1 aromatic carbocycles. The second-order valence-electron chi connectivity index (χ2n) is 5.33. The van der Waals surface area contributed by atoms with Crippen LogP contribution in [0.4, 0.5) is 5.69 Å². The largest absolute Gasteiger partial charge is 0.380 e. The van der Waals surface area contributed by atoms with Gasteiger partial charge in [0.1, 0.15) is 5.82 Å². The fraction of sp³-hybridized carbons (Fsp3) is 0.250. The van der Waals surface area contributed by atoms with Crippen LogP contribution in [-0.4, -0.2) is 14.5 Å². The van der Waals surface area contributed by atoms with Crippen LogP contribution >= 0.6 is 22.9 Å². The Morgan fingerprint density at radius 3 is 3.09 bits per heavy atom. The molecule has 2 aromatic heterocycles. The molecule has 3 aromatic rings. The maximum atomic E-state index is 5.86. The van der Waals surface area contributed by atoms with Crippen molar-refractivity contribution in [3.05, 3.63) is 51.8 Å². The third kappa shape index (κ3) is 2.62. The van der Waals surface area contributed by atoms with E-state index >= 15 is 0 Å². The minimum Gasteiger partial charge on any atom is -0.380 e. The predicted octanol–water partition coefficient (Wildman–Crippen LogP) is 4.22. The zero-order valence-electron chi connectivity index (χ0n) is 11.9. The van der Waals surface area contributed by atoms with Crippen molar-refractivity contribution in [2.24, 2.45) is 0 Å². The molecule has 0 amide bonds. The van der Waals surface area contributed by atoms with Gasteiger partial charge in [-0.1, -0.05) is 23.7 Å². The van der Waals surface area contributed by atoms with Crippen LogP contribution in [0.25, 0.3) is 11.3 Å². The molecule has 0 atom stereocenters. The fourth-order valence-electron chi connectivity index (χ4n) is 2.83. The number of nitrogens with one attached hydrogen (secondary N) is 1. The minimum absolute atomic E-state index is 0.584. The summed E-state index contributed by atoms with van der Waals surface area (Å²) in [7, 11) is 0. The average molecular weight is 331 g/mol. The smallest absolute Gasteiger partial charge is 0.183 e. The number of aryl methyl sites for hydroxylation is 1. The summed E-state index contributed by atoms with van der Waals surface area (Å²) >= 11 is 7.36. The molecular weight excluding hydrogens is 316 g/mol. The topological polar surface area (TPSA) is 42.7 Å². The number of aromatic nitrogens is 3. The molecule has 4 nitrogen and oxygen atoms in total. The zero-order valence-corrected chi connectivity index (χ0v) is 13.5. The quantitative estimate of drug-likeness (QED) is 0.779. The molecular formula is C16H15ClN4S. The van der Waals surface area contributed by atoms with Gasteiger partial charge in [-0.15, -0.1) is 11.3 Å². The van der Waals surface area contributed by atoms with E-state index < -0.39 is 0 Å². The van der Waals surface area contributed by atoms with E-state index in [1.54, 1.807) is 0 Å². The highest BCUT2D eigenvalue weighted by Gasteiger charge is 2.16. The van der Waals surface area contributed by atoms with Crippen LogP contribution in [0.3, 0.4) is 0 Å². The minimum atomic E-state index is 0.584. The van der Waals surface area contributed by atoms with Crippen molar-refractivity contribution < 1.29 is 0 Å². The number of halogens is 1. The lowest BCUT2D eigenvalue weighted by atomic mass is 10.1. The van der Waals surface area contributed by atoms with Crippen molar-refractivity contribution >= 4 is 28.6 Å². The molecule has 0 unspecified atom stereocenters. The van der Waals surface area contributed by atoms with Crippen LogP contribution in [-0.2, 0) is 19.5 Å². The van der Waals surface area contributed by atoms with Gasteiger partial charge in [0.15, 0.2) is 4.47 Å². The van der Waals surface area contributed by atoms with Gasteiger partial charge in [-0.05, 0) is 18.6 Å². The van der Waals surface area contributed by atoms with E-state index in [0.717, 1.165) is 30.1 Å². The number of anilines is 1. The Morgan fingerprint density at radius 1 is 1.27 bits per heavy atom. The molecule has 22 heavy (non-hydrogen) atoms. The Morgan fingerprint density at radius 2 is 2.23 bits per heavy atom. The highest BCUT2D eigenvalue weighted by atomic mass is 35.5. The van der Waals surface area contributed by atoms with Gasteiger partial charge in [0.25, 0.3) is 0 Å². The molecule has 0 aliphatic carbocycles. The number of hydrogen-bond donors (Lipinski definition) is 1. The molecule has 1 aliphatic heterocycles. The first kappa shape index (κ1) is 13.8. The summed E-state index contributed by atoms with van der Waals surface area (Å²) in [5, 5.41) is 3.43. The molecule has 112 valence electrons. The lowest BCUT2D eigenvalue weighted by Gasteiger charge is -2.09. The van der Waals surface area contributed by atoms with E-state index in [4.69, 9.17) is 11.6 Å². The first-order chi connectivity index (χ1) is 10.8. The Balaban J connectivity index is 1.55. The van der Waals surface area contributed by atoms with Gasteiger partial charge in [0.05, 0.1) is 18.4 Å². The molecule has 1 N–H and O–H groups in total. The van der Waals surface area contributed by atoms with Crippen molar-refractivity contribution in [1.82, 2.24) is 14.5 Å². The van der Waals surface area contributed by atoms with Crippen LogP contribution in [0.15, 0.2) is 36.7 Å². The summed E-state index contributed by atoms with van der Waals surface area (Å²) in [6.07, 6.45) is 6.08. The monoisotopic (exact) mass is 330 g/mol. The summed E-state index contributed by atoms with van der Waals surface area (Å²) in [4.78, 5) is 9.70. The van der Waals surface area contributed by atoms with Crippen LogP contribution in [0.5, 0.6) is 0 Å². The van der Waals surface area contributed by atoms with Crippen LogP contribution in [0, 0.1) is 0 Å². The first-order valence-corrected chi connectivity index (χ1v) is 8.48. The average Bonchev–Trinajstić information content (AvgIpc) is 3.21. The first-order valence-electron chi connectivity index (χ1n) is 7.28. The Labute approximate surface area is 137 Å². The van der Waals surface area contributed by atoms with E-state index in [1.807, 2.05) is 12.4 Å². The number of nitrogens with zero attached hydrogens (tertiary/aromatic N) is 3. The van der Waals surface area contributed by atoms with Gasteiger partial charge in [-0.25, -0.2) is 9.97 Å². The van der Waals surface area contributed by atoms with E-state index in [2.05, 4.69) is 44.1 Å². The van der Waals surface area contributed by atoms with Crippen molar-refractivity contribution in [3.63, 3.8) is 0 Å². The van der Waals surface area contributed by atoms with Crippen LogP contribution in [0.1, 0.15) is 17.1 Å². The maximum Gasteiger partial charge on any atom is 0.183 e. The third-order valence-corrected chi connectivity index (χ3v) is 4.99.